The molecule has 2 N–H and O–H groups in total. The molecule has 0 saturated heterocycles. The normalized spacial score (nSPS) is 12.2. The topological polar surface area (TPSA) is 136 Å². The summed E-state index contributed by atoms with van der Waals surface area (Å²) in [4.78, 5) is 14.6. The molecule has 8 nitrogen and oxygen atoms in total. The number of ether oxygens (including phenoxy) is 1. The molecule has 1 aromatic rings. The van der Waals surface area contributed by atoms with Crippen molar-refractivity contribution in [3.63, 3.8) is 0 Å². The highest BCUT2D eigenvalue weighted by molar-refractivity contribution is 7.79. The number of nitrogen functional groups attached to an aromatic ring is 1. The number of nitrogens with two attached hydrogens (primary N) is 1. The Morgan fingerprint density at radius 2 is 1.52 bits per heavy atom. The lowest BCUT2D eigenvalue weighted by Crippen LogP contribution is -2.39. The minimum Gasteiger partial charge on any atom is -0.759 e. The first kappa shape index (κ1) is 25.3. The molecule has 0 aliphatic carbocycles. The molecule has 0 fully saturated rings. The molecule has 0 aliphatic rings. The molecule has 156 valence electrons. The Morgan fingerprint density at radius 3 is 1.89 bits per heavy atom. The quantitative estimate of drug-likeness (QED) is 0.207. The summed E-state index contributed by atoms with van der Waals surface area (Å²) in [5.74, 6) is -0.273. The molecular formula is C18H30N2O6S-2. The molecule has 0 saturated carbocycles. The first-order valence-electron chi connectivity index (χ1n) is 9.09. The van der Waals surface area contributed by atoms with Crippen LogP contribution in [0.2, 0.25) is 0 Å². The SMILES string of the molecule is CCCCN(CCCC)C(CC)OC(=O)c1ccc(N)cc1.O=S(=O)([O-])[O-]. The first-order chi connectivity index (χ1) is 12.6. The molecule has 0 aromatic heterocycles. The lowest BCUT2D eigenvalue weighted by atomic mass is 10.2. The number of hydrogen-bond acceptors (Lipinski definition) is 8. The third kappa shape index (κ3) is 13.2. The van der Waals surface area contributed by atoms with E-state index in [1.807, 2.05) is 0 Å². The van der Waals surface area contributed by atoms with Crippen molar-refractivity contribution in [3.05, 3.63) is 29.8 Å². The van der Waals surface area contributed by atoms with Gasteiger partial charge in [0, 0.05) is 29.2 Å². The van der Waals surface area contributed by atoms with E-state index >= 15 is 0 Å². The van der Waals surface area contributed by atoms with Crippen molar-refractivity contribution in [1.29, 1.82) is 0 Å². The van der Waals surface area contributed by atoms with Gasteiger partial charge in [-0.2, -0.15) is 0 Å². The molecule has 0 spiro atoms. The maximum atomic E-state index is 12.3. The largest absolute Gasteiger partial charge is 0.759 e. The van der Waals surface area contributed by atoms with Gasteiger partial charge >= 0.3 is 5.97 Å². The van der Waals surface area contributed by atoms with Gasteiger partial charge in [-0.1, -0.05) is 33.6 Å². The lowest BCUT2D eigenvalue weighted by Gasteiger charge is -2.30. The highest BCUT2D eigenvalue weighted by atomic mass is 32.3. The van der Waals surface area contributed by atoms with Crippen LogP contribution in [0.15, 0.2) is 24.3 Å². The zero-order valence-electron chi connectivity index (χ0n) is 16.2. The fourth-order valence-corrected chi connectivity index (χ4v) is 2.35. The van der Waals surface area contributed by atoms with Crippen LogP contribution in [0.1, 0.15) is 63.2 Å². The van der Waals surface area contributed by atoms with E-state index in [1.165, 1.54) is 0 Å². The summed E-state index contributed by atoms with van der Waals surface area (Å²) in [6.07, 6.45) is 5.19. The van der Waals surface area contributed by atoms with Gasteiger partial charge in [-0.15, -0.1) is 0 Å². The number of esters is 1. The second kappa shape index (κ2) is 13.5. The third-order valence-electron chi connectivity index (χ3n) is 3.74. The fourth-order valence-electron chi connectivity index (χ4n) is 2.35. The summed E-state index contributed by atoms with van der Waals surface area (Å²) < 4.78 is 39.8. The number of carbonyl (C=O) groups is 1. The zero-order chi connectivity index (χ0) is 20.9. The van der Waals surface area contributed by atoms with Gasteiger partial charge in [0.2, 0.25) is 0 Å². The smallest absolute Gasteiger partial charge is 0.339 e. The molecule has 0 bridgehead atoms. The summed E-state index contributed by atoms with van der Waals surface area (Å²) in [6.45, 7) is 8.37. The average molecular weight is 403 g/mol. The van der Waals surface area contributed by atoms with Crippen LogP contribution in [-0.2, 0) is 15.1 Å². The van der Waals surface area contributed by atoms with Crippen molar-refractivity contribution < 1.29 is 27.1 Å². The second-order valence-electron chi connectivity index (χ2n) is 6.04. The highest BCUT2D eigenvalue weighted by Gasteiger charge is 2.20. The molecule has 0 amide bonds. The maximum absolute atomic E-state index is 12.3. The van der Waals surface area contributed by atoms with Gasteiger partial charge in [0.25, 0.3) is 0 Å². The van der Waals surface area contributed by atoms with Crippen LogP contribution in [0.3, 0.4) is 0 Å². The predicted octanol–water partition coefficient (Wildman–Crippen LogP) is 2.73. The lowest BCUT2D eigenvalue weighted by molar-refractivity contribution is -0.0355. The molecule has 0 aliphatic heterocycles. The third-order valence-corrected chi connectivity index (χ3v) is 3.74. The molecule has 0 radical (unpaired) electrons. The Hall–Kier alpha value is -1.68. The van der Waals surface area contributed by atoms with Crippen LogP contribution in [-0.4, -0.2) is 47.7 Å². The molecule has 1 rings (SSSR count). The van der Waals surface area contributed by atoms with Crippen LogP contribution in [0.4, 0.5) is 5.69 Å². The van der Waals surface area contributed by atoms with Crippen molar-refractivity contribution in [2.75, 3.05) is 18.8 Å². The van der Waals surface area contributed by atoms with Crippen molar-refractivity contribution >= 4 is 22.1 Å². The van der Waals surface area contributed by atoms with E-state index in [4.69, 9.17) is 28.0 Å². The Balaban J connectivity index is 0.00000119. The van der Waals surface area contributed by atoms with E-state index in [1.54, 1.807) is 24.3 Å². The van der Waals surface area contributed by atoms with Gasteiger partial charge in [0.05, 0.1) is 5.56 Å². The van der Waals surface area contributed by atoms with E-state index in [-0.39, 0.29) is 12.2 Å². The monoisotopic (exact) mass is 402 g/mol. The van der Waals surface area contributed by atoms with E-state index in [0.717, 1.165) is 45.2 Å². The Morgan fingerprint density at radius 1 is 1.07 bits per heavy atom. The van der Waals surface area contributed by atoms with Crippen LogP contribution >= 0.6 is 0 Å². The van der Waals surface area contributed by atoms with E-state index < -0.39 is 10.4 Å². The molecular weight excluding hydrogens is 372 g/mol. The van der Waals surface area contributed by atoms with Crippen molar-refractivity contribution in [3.8, 4) is 0 Å². The highest BCUT2D eigenvalue weighted by Crippen LogP contribution is 2.14. The van der Waals surface area contributed by atoms with Crippen LogP contribution in [0.5, 0.6) is 0 Å². The minimum absolute atomic E-state index is 0.150. The Kier molecular flexibility index (Phi) is 12.6. The molecule has 1 aromatic carbocycles. The number of carbonyl (C=O) groups excluding carboxylic acids is 1. The predicted molar refractivity (Wildman–Crippen MR) is 102 cm³/mol. The minimum atomic E-state index is -5.17. The fraction of sp³-hybridized carbons (Fsp3) is 0.611. The number of hydrogen-bond donors (Lipinski definition) is 1. The van der Waals surface area contributed by atoms with Crippen LogP contribution in [0.25, 0.3) is 0 Å². The molecule has 1 unspecified atom stereocenters. The van der Waals surface area contributed by atoms with Crippen molar-refractivity contribution in [1.82, 2.24) is 4.90 Å². The van der Waals surface area contributed by atoms with Gasteiger partial charge in [-0.3, -0.25) is 13.3 Å². The van der Waals surface area contributed by atoms with Crippen LogP contribution < -0.4 is 5.73 Å². The number of rotatable bonds is 10. The number of unbranched alkanes of at least 4 members (excludes halogenated alkanes) is 2. The Bertz CT molecular complexity index is 618. The summed E-state index contributed by atoms with van der Waals surface area (Å²) in [7, 11) is -5.17. The standard InChI is InChI=1S/C18H30N2O2.H2O4S/c1-4-7-13-20(14-8-5-2)17(6-3)22-18(21)15-9-11-16(19)12-10-15;1-5(2,3)4/h9-12,17H,4-8,13-14,19H2,1-3H3;(H2,1,2,3,4)/p-2. The molecule has 9 heteroatoms. The number of nitrogens with zero attached hydrogens (tertiary/aromatic N) is 1. The summed E-state index contributed by atoms with van der Waals surface area (Å²) in [6, 6.07) is 6.88. The summed E-state index contributed by atoms with van der Waals surface area (Å²) in [5.41, 5.74) is 6.86. The second-order valence-corrected chi connectivity index (χ2v) is 6.86. The van der Waals surface area contributed by atoms with Gasteiger partial charge in [-0.05, 0) is 43.5 Å². The zero-order valence-corrected chi connectivity index (χ0v) is 17.0. The van der Waals surface area contributed by atoms with Gasteiger partial charge in [0.15, 0.2) is 6.23 Å². The van der Waals surface area contributed by atoms with Crippen LogP contribution in [0, 0.1) is 0 Å². The summed E-state index contributed by atoms with van der Waals surface area (Å²) >= 11 is 0. The molecule has 27 heavy (non-hydrogen) atoms. The average Bonchev–Trinajstić information content (AvgIpc) is 2.59. The summed E-state index contributed by atoms with van der Waals surface area (Å²) in [5, 5.41) is 0. The first-order valence-corrected chi connectivity index (χ1v) is 10.4. The van der Waals surface area contributed by atoms with Crippen molar-refractivity contribution in [2.45, 2.75) is 59.1 Å². The molecule has 0 heterocycles. The van der Waals surface area contributed by atoms with E-state index in [0.29, 0.717) is 11.3 Å². The number of benzene rings is 1. The van der Waals surface area contributed by atoms with E-state index in [9.17, 15) is 4.79 Å². The van der Waals surface area contributed by atoms with E-state index in [2.05, 4.69) is 25.7 Å². The van der Waals surface area contributed by atoms with Crippen molar-refractivity contribution in [2.24, 2.45) is 0 Å². The van der Waals surface area contributed by atoms with Gasteiger partial charge in [-0.25, -0.2) is 4.79 Å². The van der Waals surface area contributed by atoms with Gasteiger partial charge < -0.3 is 19.6 Å². The maximum Gasteiger partial charge on any atom is 0.339 e. The number of anilines is 1. The molecule has 1 atom stereocenters. The Labute approximate surface area is 162 Å². The van der Waals surface area contributed by atoms with Gasteiger partial charge in [0.1, 0.15) is 0 Å².